The van der Waals surface area contributed by atoms with Gasteiger partial charge in [-0.25, -0.2) is 9.59 Å². The molecule has 0 heterocycles. The van der Waals surface area contributed by atoms with Crippen LogP contribution in [0.3, 0.4) is 0 Å². The fourth-order valence-corrected chi connectivity index (χ4v) is 0.934. The number of hydrogen-bond acceptors (Lipinski definition) is 6. The average Bonchev–Trinajstić information content (AvgIpc) is 2.33. The van der Waals surface area contributed by atoms with E-state index in [1.807, 2.05) is 13.8 Å². The predicted octanol–water partition coefficient (Wildman–Crippen LogP) is -1.16. The average molecular weight is 299 g/mol. The van der Waals surface area contributed by atoms with Crippen molar-refractivity contribution in [3.8, 4) is 0 Å². The molecule has 10 heteroatoms. The number of aliphatic carboxylic acids is 3. The van der Waals surface area contributed by atoms with Gasteiger partial charge in [-0.05, 0) is 12.3 Å². The molecule has 0 aromatic rings. The Morgan fingerprint density at radius 3 is 1.40 bits per heavy atom. The van der Waals surface area contributed by atoms with Gasteiger partial charge in [0.2, 0.25) is 0 Å². The molecule has 20 heavy (non-hydrogen) atoms. The summed E-state index contributed by atoms with van der Waals surface area (Å²) in [6.07, 6.45) is -4.22. The van der Waals surface area contributed by atoms with E-state index in [2.05, 4.69) is 0 Å². The van der Waals surface area contributed by atoms with E-state index in [1.165, 1.54) is 5.54 Å². The van der Waals surface area contributed by atoms with Crippen LogP contribution in [-0.4, -0.2) is 61.7 Å². The van der Waals surface area contributed by atoms with Crippen molar-refractivity contribution in [3.05, 3.63) is 0 Å². The standard InChI is InChI=1S/C6H12FNO2.C4H6O6/c1-4(2)3-5(8-7)6(9)10;5-1(3(7)8)2(6)4(9)10/h4-5,8H,3H2,1-2H3,(H,9,10);1-2,5-6H,(H,7,8)(H,9,10)/t5-;1-,2-/m01/s1. The number of rotatable bonds is 7. The van der Waals surface area contributed by atoms with Crippen LogP contribution in [0.15, 0.2) is 0 Å². The van der Waals surface area contributed by atoms with Gasteiger partial charge in [-0.3, -0.25) is 4.79 Å². The molecule has 0 bridgehead atoms. The molecular formula is C10H18FNO8. The summed E-state index contributed by atoms with van der Waals surface area (Å²) in [6.45, 7) is 3.68. The Morgan fingerprint density at radius 1 is 0.950 bits per heavy atom. The van der Waals surface area contributed by atoms with Gasteiger partial charge >= 0.3 is 17.9 Å². The van der Waals surface area contributed by atoms with Crippen molar-refractivity contribution in [2.45, 2.75) is 38.5 Å². The quantitative estimate of drug-likeness (QED) is 0.318. The first-order valence-electron chi connectivity index (χ1n) is 5.45. The van der Waals surface area contributed by atoms with E-state index in [9.17, 15) is 18.9 Å². The minimum absolute atomic E-state index is 0.185. The highest BCUT2D eigenvalue weighted by Gasteiger charge is 2.29. The first-order valence-corrected chi connectivity index (χ1v) is 5.45. The lowest BCUT2D eigenvalue weighted by Crippen LogP contribution is -2.39. The molecule has 118 valence electrons. The molecule has 0 aromatic carbocycles. The van der Waals surface area contributed by atoms with Crippen molar-refractivity contribution < 1.29 is 44.4 Å². The highest BCUT2D eigenvalue weighted by atomic mass is 19.2. The molecule has 9 nitrogen and oxygen atoms in total. The third-order valence-corrected chi connectivity index (χ3v) is 1.94. The summed E-state index contributed by atoms with van der Waals surface area (Å²) >= 11 is 0. The maximum atomic E-state index is 11.6. The number of nitrogens with one attached hydrogen (secondary N) is 1. The predicted molar refractivity (Wildman–Crippen MR) is 62.4 cm³/mol. The van der Waals surface area contributed by atoms with Crippen LogP contribution < -0.4 is 5.54 Å². The van der Waals surface area contributed by atoms with Gasteiger partial charge in [0.05, 0.1) is 0 Å². The van der Waals surface area contributed by atoms with E-state index in [-0.39, 0.29) is 5.92 Å². The lowest BCUT2D eigenvalue weighted by Gasteiger charge is -2.09. The number of aliphatic hydroxyl groups is 2. The molecule has 3 atom stereocenters. The van der Waals surface area contributed by atoms with Gasteiger partial charge in [-0.15, -0.1) is 10.0 Å². The Morgan fingerprint density at radius 2 is 1.30 bits per heavy atom. The fourth-order valence-electron chi connectivity index (χ4n) is 0.934. The second-order valence-electron chi connectivity index (χ2n) is 4.20. The van der Waals surface area contributed by atoms with Crippen molar-refractivity contribution in [2.24, 2.45) is 5.92 Å². The highest BCUT2D eigenvalue weighted by Crippen LogP contribution is 2.04. The van der Waals surface area contributed by atoms with Crippen LogP contribution >= 0.6 is 0 Å². The first-order chi connectivity index (χ1) is 9.04. The second-order valence-corrected chi connectivity index (χ2v) is 4.20. The highest BCUT2D eigenvalue weighted by molar-refractivity contribution is 5.83. The summed E-state index contributed by atoms with van der Waals surface area (Å²) in [6, 6.07) is -1.06. The monoisotopic (exact) mass is 299 g/mol. The van der Waals surface area contributed by atoms with Gasteiger partial charge in [-0.1, -0.05) is 13.8 Å². The number of halogens is 1. The Balaban J connectivity index is 0. The zero-order valence-corrected chi connectivity index (χ0v) is 10.9. The van der Waals surface area contributed by atoms with Gasteiger partial charge in [0.25, 0.3) is 0 Å². The van der Waals surface area contributed by atoms with Crippen LogP contribution in [0.25, 0.3) is 0 Å². The largest absolute Gasteiger partial charge is 0.480 e. The molecule has 0 aromatic heterocycles. The van der Waals surface area contributed by atoms with Gasteiger partial charge in [0.1, 0.15) is 6.04 Å². The Labute approximate surface area is 113 Å². The van der Waals surface area contributed by atoms with Gasteiger partial charge in [0, 0.05) is 0 Å². The first kappa shape index (κ1) is 20.5. The summed E-state index contributed by atoms with van der Waals surface area (Å²) < 4.78 is 11.6. The zero-order valence-electron chi connectivity index (χ0n) is 10.9. The number of carboxylic acids is 3. The molecule has 0 aliphatic carbocycles. The minimum atomic E-state index is -2.27. The Bertz CT molecular complexity index is 317. The van der Waals surface area contributed by atoms with Gasteiger partial charge in [-0.2, -0.15) is 0 Å². The second kappa shape index (κ2) is 10.1. The van der Waals surface area contributed by atoms with E-state index in [0.29, 0.717) is 6.42 Å². The number of aliphatic hydroxyl groups excluding tert-OH is 2. The smallest absolute Gasteiger partial charge is 0.335 e. The summed E-state index contributed by atoms with van der Waals surface area (Å²) in [5, 5.41) is 40.8. The minimum Gasteiger partial charge on any atom is -0.480 e. The molecule has 0 spiro atoms. The van der Waals surface area contributed by atoms with Crippen LogP contribution in [0.2, 0.25) is 0 Å². The fraction of sp³-hybridized carbons (Fsp3) is 0.700. The summed E-state index contributed by atoms with van der Waals surface area (Å²) in [4.78, 5) is 29.7. The molecule has 0 amide bonds. The van der Waals surface area contributed by atoms with Crippen molar-refractivity contribution in [3.63, 3.8) is 0 Å². The topological polar surface area (TPSA) is 164 Å². The normalized spacial score (nSPS) is 14.7. The van der Waals surface area contributed by atoms with Crippen LogP contribution in [-0.2, 0) is 14.4 Å². The molecule has 0 aliphatic rings. The maximum Gasteiger partial charge on any atom is 0.335 e. The summed E-state index contributed by atoms with van der Waals surface area (Å²) in [5.41, 5.74) is 1.23. The van der Waals surface area contributed by atoms with Crippen LogP contribution in [0.1, 0.15) is 20.3 Å². The van der Waals surface area contributed by atoms with Crippen LogP contribution in [0.5, 0.6) is 0 Å². The molecule has 0 saturated carbocycles. The van der Waals surface area contributed by atoms with Crippen molar-refractivity contribution in [2.75, 3.05) is 0 Å². The van der Waals surface area contributed by atoms with Crippen molar-refractivity contribution in [1.82, 2.24) is 5.54 Å². The van der Waals surface area contributed by atoms with Crippen molar-refractivity contribution >= 4 is 17.9 Å². The summed E-state index contributed by atoms with van der Waals surface area (Å²) in [5.74, 6) is -4.50. The molecule has 0 saturated heterocycles. The van der Waals surface area contributed by atoms with Crippen molar-refractivity contribution in [1.29, 1.82) is 0 Å². The Kier molecular flexibility index (Phi) is 10.3. The van der Waals surface area contributed by atoms with E-state index in [4.69, 9.17) is 25.5 Å². The lowest BCUT2D eigenvalue weighted by atomic mass is 10.1. The van der Waals surface area contributed by atoms with Crippen LogP contribution in [0.4, 0.5) is 4.48 Å². The van der Waals surface area contributed by atoms with E-state index >= 15 is 0 Å². The van der Waals surface area contributed by atoms with E-state index in [0.717, 1.165) is 0 Å². The molecular weight excluding hydrogens is 281 g/mol. The summed E-state index contributed by atoms with van der Waals surface area (Å²) in [7, 11) is 0. The van der Waals surface area contributed by atoms with E-state index < -0.39 is 36.2 Å². The molecule has 0 rings (SSSR count). The lowest BCUT2D eigenvalue weighted by molar-refractivity contribution is -0.165. The van der Waals surface area contributed by atoms with Gasteiger partial charge < -0.3 is 25.5 Å². The SMILES string of the molecule is CC(C)C[C@H](NF)C(=O)O.O=C(O)[C@H](O)[C@@H](O)C(=O)O. The third-order valence-electron chi connectivity index (χ3n) is 1.94. The Hall–Kier alpha value is -1.78. The molecule has 0 unspecified atom stereocenters. The zero-order chi connectivity index (χ0) is 16.5. The van der Waals surface area contributed by atoms with Crippen LogP contribution in [0, 0.1) is 5.92 Å². The number of hydrogen-bond donors (Lipinski definition) is 6. The molecule has 0 fully saturated rings. The van der Waals surface area contributed by atoms with E-state index in [1.54, 1.807) is 0 Å². The molecule has 0 radical (unpaired) electrons. The number of carboxylic acid groups (broad SMARTS) is 3. The van der Waals surface area contributed by atoms with Gasteiger partial charge in [0.15, 0.2) is 12.2 Å². The maximum absolute atomic E-state index is 11.6. The molecule has 0 aliphatic heterocycles. The number of carbonyl (C=O) groups is 3. The molecule has 6 N–H and O–H groups in total. The third kappa shape index (κ3) is 9.19.